The topological polar surface area (TPSA) is 536 Å². The molecule has 98 heavy (non-hydrogen) atoms. The van der Waals surface area contributed by atoms with Crippen LogP contribution in [0.15, 0.2) is 47.8 Å². The van der Waals surface area contributed by atoms with Crippen LogP contribution in [-0.4, -0.2) is 204 Å². The molecule has 3 heterocycles. The summed E-state index contributed by atoms with van der Waals surface area (Å²) in [5.41, 5.74) is 24.8. The Hall–Kier alpha value is -8.89. The van der Waals surface area contributed by atoms with Crippen LogP contribution in [0.5, 0.6) is 0 Å². The molecule has 0 unspecified atom stereocenters. The summed E-state index contributed by atoms with van der Waals surface area (Å²) >= 11 is 1.31. The molecule has 1 saturated heterocycles. The number of imide groups is 1. The zero-order valence-corrected chi connectivity index (χ0v) is 57.6. The van der Waals surface area contributed by atoms with Gasteiger partial charge in [-0.3, -0.25) is 77.0 Å². The number of nitrogens with two attached hydrogens (primary N) is 4. The number of carboxylic acid groups (broad SMARTS) is 2. The standard InChI is InChI=1S/C64H99N17O16S/c1-9-35(8)50(68)62-78-45(30-98-62)59(93)73-40(24-32(2)3)55(89)71-39(20-21-48(83)84)54(88)80-52(34(6)7)64(97)81-46(19-13-14-22-65)60(94)72-38(18-15-23-66)53(87)79-51(33(4)5)61(95)76-41(25-36-16-11-10-12-17-36)56(90)74-42(26-37-29-69-31-70-37)57(91)75-43(28-49(85)86)58(92)77-44(63(81)96)27-47(67)82/h10-12,16-17,29,31-35,38-46,50-52H,9,13-15,18-28,30,65-66,68H2,1-8H3,(H2,67,82)(H,69,70)(H,71,89)(H,72,94)(H,73,93)(H,74,90)(H,75,91)(H,76,95)(H,77,92)(H,79,87)(H,80,88)(H,83,84)(H,85,86)/t35-,38+,39+,40-,41+,42-,43+,44-,45-,46-,50-,51-,52-/m0/s1. The number of aliphatic carboxylic acids is 2. The molecule has 0 aliphatic carbocycles. The van der Waals surface area contributed by atoms with Crippen LogP contribution in [0.25, 0.3) is 0 Å². The fraction of sp³-hybridized carbons (Fsp3) is 0.625. The van der Waals surface area contributed by atoms with Crippen molar-refractivity contribution < 1.29 is 77.3 Å². The van der Waals surface area contributed by atoms with E-state index in [9.17, 15) is 63.0 Å². The predicted octanol–water partition coefficient (Wildman–Crippen LogP) is -2.38. The van der Waals surface area contributed by atoms with Gasteiger partial charge in [0.2, 0.25) is 59.1 Å². The number of primary amides is 1. The zero-order chi connectivity index (χ0) is 73.1. The average molecular weight is 1390 g/mol. The van der Waals surface area contributed by atoms with E-state index < -0.39 is 206 Å². The van der Waals surface area contributed by atoms with Crippen LogP contribution in [0.3, 0.4) is 0 Å². The number of aromatic amines is 1. The highest BCUT2D eigenvalue weighted by Crippen LogP contribution is 2.25. The van der Waals surface area contributed by atoms with Gasteiger partial charge in [-0.05, 0) is 87.3 Å². The maximum Gasteiger partial charge on any atom is 0.305 e. The minimum Gasteiger partial charge on any atom is -0.481 e. The third kappa shape index (κ3) is 25.5. The summed E-state index contributed by atoms with van der Waals surface area (Å²) in [6.45, 7) is 13.3. The largest absolute Gasteiger partial charge is 0.481 e. The van der Waals surface area contributed by atoms with Gasteiger partial charge in [0, 0.05) is 36.9 Å². The number of rotatable bonds is 32. The smallest absolute Gasteiger partial charge is 0.305 e. The predicted molar refractivity (Wildman–Crippen MR) is 360 cm³/mol. The quantitative estimate of drug-likeness (QED) is 0.0340. The minimum atomic E-state index is -2.33. The van der Waals surface area contributed by atoms with Crippen LogP contribution in [0.2, 0.25) is 0 Å². The molecule has 4 rings (SSSR count). The molecule has 0 spiro atoms. The second-order valence-corrected chi connectivity index (χ2v) is 26.7. The first-order valence-electron chi connectivity index (χ1n) is 33.0. The van der Waals surface area contributed by atoms with Crippen molar-refractivity contribution in [2.45, 2.75) is 211 Å². The van der Waals surface area contributed by atoms with Crippen molar-refractivity contribution in [1.29, 1.82) is 0 Å². The third-order valence-electron chi connectivity index (χ3n) is 16.5. The number of hydrogen-bond acceptors (Lipinski definition) is 20. The molecule has 2 aliphatic heterocycles. The maximum absolute atomic E-state index is 15.9. The number of amides is 12. The lowest BCUT2D eigenvalue weighted by molar-refractivity contribution is -0.157. The van der Waals surface area contributed by atoms with E-state index in [2.05, 4.69) is 62.8 Å². The lowest BCUT2D eigenvalue weighted by Crippen LogP contribution is -2.65. The Kier molecular flexibility index (Phi) is 33.4. The van der Waals surface area contributed by atoms with Gasteiger partial charge >= 0.3 is 11.9 Å². The van der Waals surface area contributed by atoms with Gasteiger partial charge in [-0.25, -0.2) is 4.98 Å². The molecule has 34 heteroatoms. The van der Waals surface area contributed by atoms with Crippen molar-refractivity contribution in [3.8, 4) is 0 Å². The molecule has 542 valence electrons. The summed E-state index contributed by atoms with van der Waals surface area (Å²) in [6, 6.07) is -10.9. The van der Waals surface area contributed by atoms with E-state index in [-0.39, 0.29) is 74.9 Å². The van der Waals surface area contributed by atoms with Gasteiger partial charge < -0.3 is 86.0 Å². The highest BCUT2D eigenvalue weighted by atomic mass is 32.2. The molecule has 0 bridgehead atoms. The number of aliphatic imine (C=N–C) groups is 1. The van der Waals surface area contributed by atoms with E-state index in [0.717, 1.165) is 6.42 Å². The van der Waals surface area contributed by atoms with Gasteiger partial charge in [0.1, 0.15) is 66.5 Å². The number of imidazole rings is 1. The number of benzene rings is 1. The lowest BCUT2D eigenvalue weighted by atomic mass is 9.97. The van der Waals surface area contributed by atoms with E-state index in [1.54, 1.807) is 58.0 Å². The number of thioether (sulfide) groups is 1. The van der Waals surface area contributed by atoms with Gasteiger partial charge in [0.15, 0.2) is 0 Å². The number of nitrogens with one attached hydrogen (secondary N) is 10. The van der Waals surface area contributed by atoms with Crippen molar-refractivity contribution in [3.05, 3.63) is 54.1 Å². The van der Waals surface area contributed by atoms with Crippen LogP contribution < -0.4 is 70.8 Å². The fourth-order valence-electron chi connectivity index (χ4n) is 10.7. The van der Waals surface area contributed by atoms with Crippen LogP contribution >= 0.6 is 11.8 Å². The van der Waals surface area contributed by atoms with Gasteiger partial charge in [-0.15, -0.1) is 11.8 Å². The molecule has 20 N–H and O–H groups in total. The zero-order valence-electron chi connectivity index (χ0n) is 56.8. The Bertz CT molecular complexity index is 3140. The monoisotopic (exact) mass is 1390 g/mol. The van der Waals surface area contributed by atoms with E-state index in [1.807, 2.05) is 13.8 Å². The molecule has 12 amide bonds. The first-order chi connectivity index (χ1) is 46.3. The van der Waals surface area contributed by atoms with Gasteiger partial charge in [0.25, 0.3) is 11.8 Å². The number of carboxylic acids is 2. The Balaban J connectivity index is 1.96. The van der Waals surface area contributed by atoms with E-state index in [4.69, 9.17) is 22.9 Å². The van der Waals surface area contributed by atoms with Gasteiger partial charge in [0.05, 0.1) is 30.3 Å². The summed E-state index contributed by atoms with van der Waals surface area (Å²) in [5.74, 6) is -18.8. The van der Waals surface area contributed by atoms with Crippen molar-refractivity contribution in [1.82, 2.24) is 62.7 Å². The Morgan fingerprint density at radius 2 is 1.27 bits per heavy atom. The highest BCUT2D eigenvalue weighted by molar-refractivity contribution is 8.14. The van der Waals surface area contributed by atoms with Crippen LogP contribution in [0, 0.1) is 23.7 Å². The number of H-pyrrole nitrogens is 1. The first-order valence-corrected chi connectivity index (χ1v) is 34.0. The summed E-state index contributed by atoms with van der Waals surface area (Å²) in [4.78, 5) is 213. The van der Waals surface area contributed by atoms with Crippen molar-refractivity contribution in [2.24, 2.45) is 51.6 Å². The molecule has 0 saturated carbocycles. The molecule has 33 nitrogen and oxygen atoms in total. The average Bonchev–Trinajstić information content (AvgIpc) is 0.920. The molecule has 1 fully saturated rings. The van der Waals surface area contributed by atoms with E-state index in [1.165, 1.54) is 38.1 Å². The van der Waals surface area contributed by atoms with Gasteiger partial charge in [-0.2, -0.15) is 0 Å². The maximum atomic E-state index is 15.9. The number of aromatic nitrogens is 2. The van der Waals surface area contributed by atoms with Crippen molar-refractivity contribution in [3.63, 3.8) is 0 Å². The Morgan fingerprint density at radius 3 is 1.84 bits per heavy atom. The number of unbranched alkanes of at least 4 members (excludes halogenated alkanes) is 1. The molecule has 13 atom stereocenters. The lowest BCUT2D eigenvalue weighted by Gasteiger charge is -2.37. The normalized spacial score (nSPS) is 22.5. The molecule has 0 radical (unpaired) electrons. The second-order valence-electron chi connectivity index (χ2n) is 25.7. The number of hydrogen-bond donors (Lipinski definition) is 16. The van der Waals surface area contributed by atoms with E-state index >= 15 is 14.4 Å². The first kappa shape index (κ1) is 81.5. The summed E-state index contributed by atoms with van der Waals surface area (Å²) < 4.78 is 0. The van der Waals surface area contributed by atoms with Crippen LogP contribution in [0.4, 0.5) is 0 Å². The number of nitrogens with zero attached hydrogens (tertiary/aromatic N) is 3. The van der Waals surface area contributed by atoms with Crippen molar-refractivity contribution >= 4 is 99.6 Å². The molecule has 2 aliphatic rings. The third-order valence-corrected chi connectivity index (χ3v) is 17.7. The van der Waals surface area contributed by atoms with Gasteiger partial charge in [-0.1, -0.05) is 92.1 Å². The Morgan fingerprint density at radius 1 is 0.673 bits per heavy atom. The number of carbonyl (C=O) groups is 14. The number of carbonyl (C=O) groups excluding carboxylic acids is 12. The summed E-state index contributed by atoms with van der Waals surface area (Å²) in [7, 11) is 0. The Labute approximate surface area is 573 Å². The molecule has 2 aromatic rings. The molecular formula is C64H99N17O16S. The van der Waals surface area contributed by atoms with Crippen LogP contribution in [0.1, 0.15) is 137 Å². The molecule has 1 aromatic heterocycles. The SMILES string of the molecule is CC[C@H](C)[C@H](N)C1=N[C@H](C(=O)N[C@@H](CC(C)C)C(=O)N[C@H](CCC(=O)O)C(=O)N[C@H](C(=O)N2C(=O)[C@H](CC(N)=O)NC(=O)[C@@H](CC(=O)O)NC(=O)[C@H](Cc3cnc[nH]3)NC(=O)[C@@H](Cc3ccccc3)NC(=O)[C@H](C(C)C)NC(=O)[C@@H](CCCN)NC(=O)[C@@H]2CCCCN)C(C)C)CS1. The molecule has 1 aromatic carbocycles. The summed E-state index contributed by atoms with van der Waals surface area (Å²) in [5, 5.41) is 43.5. The minimum absolute atomic E-state index is 0.0129. The molecular weight excluding hydrogens is 1290 g/mol. The second kappa shape index (κ2) is 40.1. The van der Waals surface area contributed by atoms with Crippen LogP contribution in [-0.2, 0) is 80.0 Å². The fourth-order valence-corrected chi connectivity index (χ4v) is 11.9. The van der Waals surface area contributed by atoms with E-state index in [0.29, 0.717) is 15.5 Å². The van der Waals surface area contributed by atoms with Crippen molar-refractivity contribution in [2.75, 3.05) is 18.8 Å². The highest BCUT2D eigenvalue weighted by Gasteiger charge is 2.46. The summed E-state index contributed by atoms with van der Waals surface area (Å²) in [6.07, 6.45) is -1.65.